The fourth-order valence-electron chi connectivity index (χ4n) is 3.71. The zero-order valence-corrected chi connectivity index (χ0v) is 17.9. The van der Waals surface area contributed by atoms with Crippen molar-refractivity contribution < 1.29 is 31.1 Å². The highest BCUT2D eigenvalue weighted by Crippen LogP contribution is 2.42. The van der Waals surface area contributed by atoms with E-state index < -0.39 is 20.2 Å². The summed E-state index contributed by atoms with van der Waals surface area (Å²) in [5.41, 5.74) is -3.99. The van der Waals surface area contributed by atoms with Gasteiger partial charge >= 0.3 is 5.51 Å². The summed E-state index contributed by atoms with van der Waals surface area (Å²) in [7, 11) is -4.02. The van der Waals surface area contributed by atoms with E-state index in [9.17, 15) is 21.6 Å². The molecule has 7 nitrogen and oxygen atoms in total. The molecule has 1 heterocycles. The van der Waals surface area contributed by atoms with Crippen molar-refractivity contribution in [1.29, 1.82) is 0 Å². The Bertz CT molecular complexity index is 1280. The van der Waals surface area contributed by atoms with Crippen LogP contribution in [-0.4, -0.2) is 50.1 Å². The molecule has 4 rings (SSSR count). The van der Waals surface area contributed by atoms with Gasteiger partial charge < -0.3 is 9.47 Å². The quantitative estimate of drug-likeness (QED) is 0.519. The number of H-pyrrole nitrogens is 1. The van der Waals surface area contributed by atoms with Crippen LogP contribution in [0.5, 0.6) is 11.5 Å². The van der Waals surface area contributed by atoms with Crippen molar-refractivity contribution in [1.82, 2.24) is 10.2 Å². The molecule has 0 unspecified atom stereocenters. The summed E-state index contributed by atoms with van der Waals surface area (Å²) in [5.74, 6) is 0.743. The molecule has 0 radical (unpaired) electrons. The third-order valence-corrected chi connectivity index (χ3v) is 6.73. The van der Waals surface area contributed by atoms with Crippen LogP contribution in [0.3, 0.4) is 0 Å². The van der Waals surface area contributed by atoms with Gasteiger partial charge in [0.25, 0.3) is 9.84 Å². The molecule has 32 heavy (non-hydrogen) atoms. The number of halogens is 3. The third-order valence-electron chi connectivity index (χ3n) is 5.20. The van der Waals surface area contributed by atoms with E-state index in [4.69, 9.17) is 9.47 Å². The van der Waals surface area contributed by atoms with Crippen LogP contribution in [-0.2, 0) is 21.0 Å². The largest absolute Gasteiger partial charge is 0.501 e. The van der Waals surface area contributed by atoms with Gasteiger partial charge in [0, 0.05) is 37.1 Å². The Balaban J connectivity index is 1.81. The Morgan fingerprint density at radius 2 is 1.97 bits per heavy atom. The molecule has 0 fully saturated rings. The van der Waals surface area contributed by atoms with Crippen LogP contribution in [0.2, 0.25) is 0 Å². The average molecular weight is 467 g/mol. The zero-order valence-electron chi connectivity index (χ0n) is 17.1. The maximum Gasteiger partial charge on any atom is 0.501 e. The topological polar surface area (TPSA) is 93.6 Å². The number of hydrogen-bond acceptors (Lipinski definition) is 6. The summed E-state index contributed by atoms with van der Waals surface area (Å²) in [6.07, 6.45) is 2.78. The summed E-state index contributed by atoms with van der Waals surface area (Å²) in [5, 5.41) is 7.49. The molecule has 0 bridgehead atoms. The number of aliphatic imine (C=N–C) groups is 1. The standard InChI is InChI=1S/C21H20F3N3O4S/c1-30-11-3-10-25-16-7-6-13-18(31-17-5-2-4-15-14(17)12-26-27-15)8-9-19(20(13)16)32(28,29)21(22,23)24/h2,4-5,8-9,12H,3,6-7,10-11H2,1H3,(H,26,27)/b25-16+. The van der Waals surface area contributed by atoms with E-state index in [1.165, 1.54) is 13.2 Å². The molecule has 11 heteroatoms. The fraction of sp³-hybridized carbons (Fsp3) is 0.333. The second-order valence-corrected chi connectivity index (χ2v) is 9.14. The smallest absolute Gasteiger partial charge is 0.456 e. The number of fused-ring (bicyclic) bond motifs is 2. The number of nitrogens with zero attached hydrogens (tertiary/aromatic N) is 2. The molecular formula is C21H20F3N3O4S. The molecule has 0 saturated heterocycles. The van der Waals surface area contributed by atoms with E-state index in [-0.39, 0.29) is 11.3 Å². The molecule has 0 amide bonds. The highest BCUT2D eigenvalue weighted by atomic mass is 32.2. The van der Waals surface area contributed by atoms with Gasteiger partial charge in [-0.3, -0.25) is 10.1 Å². The Kier molecular flexibility index (Phi) is 5.95. The number of hydrogen-bond donors (Lipinski definition) is 1. The van der Waals surface area contributed by atoms with Crippen molar-refractivity contribution >= 4 is 26.5 Å². The molecule has 2 aromatic carbocycles. The maximum atomic E-state index is 13.4. The van der Waals surface area contributed by atoms with Gasteiger partial charge in [0.05, 0.1) is 22.0 Å². The number of benzene rings is 2. The van der Waals surface area contributed by atoms with Gasteiger partial charge in [0.15, 0.2) is 0 Å². The molecule has 0 aliphatic heterocycles. The average Bonchev–Trinajstić information content (AvgIpc) is 3.38. The Labute approximate surface area is 182 Å². The minimum absolute atomic E-state index is 0.0170. The molecule has 3 aromatic rings. The monoisotopic (exact) mass is 467 g/mol. The van der Waals surface area contributed by atoms with E-state index >= 15 is 0 Å². The van der Waals surface area contributed by atoms with Crippen LogP contribution in [0, 0.1) is 0 Å². The van der Waals surface area contributed by atoms with E-state index in [1.54, 1.807) is 18.3 Å². The number of sulfone groups is 1. The van der Waals surface area contributed by atoms with E-state index in [0.29, 0.717) is 54.8 Å². The van der Waals surface area contributed by atoms with Crippen molar-refractivity contribution in [3.63, 3.8) is 0 Å². The van der Waals surface area contributed by atoms with Crippen molar-refractivity contribution in [3.8, 4) is 11.5 Å². The van der Waals surface area contributed by atoms with Crippen LogP contribution in [0.1, 0.15) is 24.0 Å². The number of alkyl halides is 3. The van der Waals surface area contributed by atoms with Gasteiger partial charge in [-0.2, -0.15) is 18.3 Å². The number of ether oxygens (including phenoxy) is 2. The van der Waals surface area contributed by atoms with Crippen molar-refractivity contribution in [2.75, 3.05) is 20.3 Å². The SMILES string of the molecule is COCCC/N=C1\CCc2c(Oc3cccc4[nH]ncc34)ccc(S(=O)(=O)C(F)(F)F)c21. The molecule has 1 aromatic heterocycles. The van der Waals surface area contributed by atoms with Gasteiger partial charge in [0.1, 0.15) is 11.5 Å². The molecule has 0 spiro atoms. The van der Waals surface area contributed by atoms with Gasteiger partial charge in [0.2, 0.25) is 0 Å². The maximum absolute atomic E-state index is 13.4. The lowest BCUT2D eigenvalue weighted by atomic mass is 10.1. The van der Waals surface area contributed by atoms with E-state index in [0.717, 1.165) is 11.6 Å². The van der Waals surface area contributed by atoms with Gasteiger partial charge in [-0.15, -0.1) is 0 Å². The normalized spacial score (nSPS) is 15.4. The first-order chi connectivity index (χ1) is 15.2. The second kappa shape index (κ2) is 8.55. The second-order valence-electron chi connectivity index (χ2n) is 7.23. The van der Waals surface area contributed by atoms with E-state index in [1.807, 2.05) is 6.07 Å². The van der Waals surface area contributed by atoms with Gasteiger partial charge in [-0.1, -0.05) is 6.07 Å². The Hall–Kier alpha value is -2.92. The Morgan fingerprint density at radius 1 is 1.16 bits per heavy atom. The number of methoxy groups -OCH3 is 1. The minimum Gasteiger partial charge on any atom is -0.456 e. The van der Waals surface area contributed by atoms with Crippen molar-refractivity contribution in [2.24, 2.45) is 4.99 Å². The van der Waals surface area contributed by atoms with Crippen LogP contribution in [0.15, 0.2) is 46.4 Å². The summed E-state index contributed by atoms with van der Waals surface area (Å²) < 4.78 is 75.7. The molecule has 0 atom stereocenters. The molecular weight excluding hydrogens is 447 g/mol. The molecule has 170 valence electrons. The van der Waals surface area contributed by atoms with Crippen molar-refractivity contribution in [2.45, 2.75) is 29.7 Å². The summed E-state index contributed by atoms with van der Waals surface area (Å²) in [4.78, 5) is 3.59. The highest BCUT2D eigenvalue weighted by Gasteiger charge is 2.49. The zero-order chi connectivity index (χ0) is 22.9. The molecule has 1 N–H and O–H groups in total. The number of aromatic amines is 1. The van der Waals surface area contributed by atoms with E-state index in [2.05, 4.69) is 15.2 Å². The summed E-state index contributed by atoms with van der Waals surface area (Å²) in [6.45, 7) is 0.753. The Morgan fingerprint density at radius 3 is 2.72 bits per heavy atom. The van der Waals surface area contributed by atoms with Crippen molar-refractivity contribution in [3.05, 3.63) is 47.7 Å². The number of aromatic nitrogens is 2. The predicted octanol–water partition coefficient (Wildman–Crippen LogP) is 4.42. The van der Waals surface area contributed by atoms with Crippen LogP contribution in [0.4, 0.5) is 13.2 Å². The first kappa shape index (κ1) is 22.3. The van der Waals surface area contributed by atoms with Crippen LogP contribution >= 0.6 is 0 Å². The first-order valence-electron chi connectivity index (χ1n) is 9.84. The summed E-state index contributed by atoms with van der Waals surface area (Å²) in [6, 6.07) is 7.48. The molecule has 1 aliphatic carbocycles. The molecule has 0 saturated carbocycles. The lowest BCUT2D eigenvalue weighted by Gasteiger charge is -2.16. The first-order valence-corrected chi connectivity index (χ1v) is 11.3. The third kappa shape index (κ3) is 3.97. The highest BCUT2D eigenvalue weighted by molar-refractivity contribution is 7.92. The van der Waals surface area contributed by atoms with Crippen LogP contribution in [0.25, 0.3) is 10.9 Å². The molecule has 1 aliphatic rings. The minimum atomic E-state index is -5.56. The summed E-state index contributed by atoms with van der Waals surface area (Å²) >= 11 is 0. The lowest BCUT2D eigenvalue weighted by Crippen LogP contribution is -2.25. The van der Waals surface area contributed by atoms with Crippen LogP contribution < -0.4 is 4.74 Å². The van der Waals surface area contributed by atoms with Gasteiger partial charge in [-0.05, 0) is 43.5 Å². The van der Waals surface area contributed by atoms with Gasteiger partial charge in [-0.25, -0.2) is 8.42 Å². The number of nitrogens with one attached hydrogen (secondary N) is 1. The predicted molar refractivity (Wildman–Crippen MR) is 112 cm³/mol. The number of rotatable bonds is 7. The fourth-order valence-corrected chi connectivity index (χ4v) is 4.72. The lowest BCUT2D eigenvalue weighted by molar-refractivity contribution is -0.0436.